The first-order valence-electron chi connectivity index (χ1n) is 6.46. The van der Waals surface area contributed by atoms with E-state index in [-0.39, 0.29) is 12.2 Å². The van der Waals surface area contributed by atoms with Crippen molar-refractivity contribution in [2.24, 2.45) is 0 Å². The second-order valence-corrected chi connectivity index (χ2v) is 7.45. The third-order valence-electron chi connectivity index (χ3n) is 3.33. The summed E-state index contributed by atoms with van der Waals surface area (Å²) in [6.45, 7) is 4.44. The molecule has 0 aliphatic rings. The Morgan fingerprint density at radius 1 is 1.33 bits per heavy atom. The number of rotatable bonds is 4. The summed E-state index contributed by atoms with van der Waals surface area (Å²) in [5.41, 5.74) is 1.87. The van der Waals surface area contributed by atoms with Gasteiger partial charge in [-0.3, -0.25) is 0 Å². The van der Waals surface area contributed by atoms with Crippen molar-refractivity contribution in [3.05, 3.63) is 41.5 Å². The van der Waals surface area contributed by atoms with Crippen LogP contribution in [0.25, 0.3) is 11.1 Å². The standard InChI is InChI=1S/C14H17FN2O3S/c1-9(2)21(19,20)17-7-12(6-16-17)11-4-10(3)13(8-18)14(15)5-11/h4-7,9,18H,8H2,1-3H3. The largest absolute Gasteiger partial charge is 0.392 e. The van der Waals surface area contributed by atoms with Crippen LogP contribution in [0.15, 0.2) is 24.5 Å². The fraction of sp³-hybridized carbons (Fsp3) is 0.357. The Hall–Kier alpha value is -1.73. The monoisotopic (exact) mass is 312 g/mol. The van der Waals surface area contributed by atoms with E-state index >= 15 is 0 Å². The Morgan fingerprint density at radius 2 is 2.00 bits per heavy atom. The molecule has 0 bridgehead atoms. The van der Waals surface area contributed by atoms with Gasteiger partial charge in [-0.15, -0.1) is 0 Å². The van der Waals surface area contributed by atoms with Crippen molar-refractivity contribution in [2.75, 3.05) is 0 Å². The van der Waals surface area contributed by atoms with Gasteiger partial charge in [-0.05, 0) is 38.0 Å². The molecule has 0 spiro atoms. The van der Waals surface area contributed by atoms with Gasteiger partial charge in [0.2, 0.25) is 0 Å². The average molecular weight is 312 g/mol. The normalized spacial score (nSPS) is 12.1. The number of aryl methyl sites for hydroxylation is 1. The summed E-state index contributed by atoms with van der Waals surface area (Å²) in [5.74, 6) is -0.521. The third kappa shape index (κ3) is 2.84. The number of aromatic nitrogens is 2. The molecule has 21 heavy (non-hydrogen) atoms. The molecule has 0 saturated heterocycles. The molecule has 0 saturated carbocycles. The molecule has 0 unspecified atom stereocenters. The van der Waals surface area contributed by atoms with Crippen LogP contribution < -0.4 is 0 Å². The Morgan fingerprint density at radius 3 is 2.52 bits per heavy atom. The zero-order chi connectivity index (χ0) is 15.8. The molecule has 0 radical (unpaired) electrons. The maximum absolute atomic E-state index is 13.9. The summed E-state index contributed by atoms with van der Waals surface area (Å²) in [6, 6.07) is 2.96. The summed E-state index contributed by atoms with van der Waals surface area (Å²) >= 11 is 0. The molecule has 114 valence electrons. The lowest BCUT2D eigenvalue weighted by Gasteiger charge is -2.08. The number of nitrogens with zero attached hydrogens (tertiary/aromatic N) is 2. The second kappa shape index (κ2) is 5.57. The highest BCUT2D eigenvalue weighted by molar-refractivity contribution is 7.90. The molecule has 7 heteroatoms. The molecule has 1 heterocycles. The molecule has 1 N–H and O–H groups in total. The van der Waals surface area contributed by atoms with Crippen LogP contribution in [-0.2, 0) is 16.6 Å². The smallest absolute Gasteiger partial charge is 0.256 e. The number of benzene rings is 1. The highest BCUT2D eigenvalue weighted by atomic mass is 32.2. The van der Waals surface area contributed by atoms with Crippen LogP contribution >= 0.6 is 0 Å². The maximum Gasteiger partial charge on any atom is 0.256 e. The number of aliphatic hydroxyl groups excluding tert-OH is 1. The quantitative estimate of drug-likeness (QED) is 0.938. The number of hydrogen-bond acceptors (Lipinski definition) is 4. The first kappa shape index (κ1) is 15.7. The van der Waals surface area contributed by atoms with Gasteiger partial charge in [0, 0.05) is 11.1 Å². The molecule has 2 rings (SSSR count). The topological polar surface area (TPSA) is 72.2 Å². The van der Waals surface area contributed by atoms with E-state index in [4.69, 9.17) is 5.11 Å². The van der Waals surface area contributed by atoms with Crippen LogP contribution in [0, 0.1) is 12.7 Å². The first-order chi connectivity index (χ1) is 9.77. The van der Waals surface area contributed by atoms with Gasteiger partial charge in [0.05, 0.1) is 24.3 Å². The van der Waals surface area contributed by atoms with Gasteiger partial charge in [0.15, 0.2) is 0 Å². The maximum atomic E-state index is 13.9. The Bertz CT molecular complexity index is 743. The van der Waals surface area contributed by atoms with Gasteiger partial charge in [-0.2, -0.15) is 9.19 Å². The molecule has 2 aromatic rings. The van der Waals surface area contributed by atoms with Crippen molar-refractivity contribution in [2.45, 2.75) is 32.6 Å². The lowest BCUT2D eigenvalue weighted by atomic mass is 10.0. The average Bonchev–Trinajstić information content (AvgIpc) is 2.88. The second-order valence-electron chi connectivity index (χ2n) is 5.11. The van der Waals surface area contributed by atoms with E-state index in [1.807, 2.05) is 0 Å². The van der Waals surface area contributed by atoms with E-state index in [0.717, 1.165) is 4.09 Å². The highest BCUT2D eigenvalue weighted by Crippen LogP contribution is 2.25. The number of hydrogen-bond donors (Lipinski definition) is 1. The van der Waals surface area contributed by atoms with Gasteiger partial charge in [-0.25, -0.2) is 12.8 Å². The van der Waals surface area contributed by atoms with Crippen LogP contribution in [0.4, 0.5) is 4.39 Å². The lowest BCUT2D eigenvalue weighted by Crippen LogP contribution is -2.22. The van der Waals surface area contributed by atoms with Crippen molar-refractivity contribution < 1.29 is 17.9 Å². The number of halogens is 1. The molecule has 1 aromatic heterocycles. The van der Waals surface area contributed by atoms with Crippen molar-refractivity contribution in [3.63, 3.8) is 0 Å². The molecule has 0 amide bonds. The molecule has 5 nitrogen and oxygen atoms in total. The van der Waals surface area contributed by atoms with Crippen molar-refractivity contribution in [1.29, 1.82) is 0 Å². The zero-order valence-electron chi connectivity index (χ0n) is 12.0. The SMILES string of the molecule is Cc1cc(-c2cnn(S(=O)(=O)C(C)C)c2)cc(F)c1CO. The third-order valence-corrected chi connectivity index (χ3v) is 5.24. The van der Waals surface area contributed by atoms with Gasteiger partial charge in [0.1, 0.15) is 5.82 Å². The van der Waals surface area contributed by atoms with Gasteiger partial charge in [0.25, 0.3) is 10.0 Å². The summed E-state index contributed by atoms with van der Waals surface area (Å²) in [7, 11) is -3.53. The predicted octanol–water partition coefficient (Wildman–Crippen LogP) is 2.08. The van der Waals surface area contributed by atoms with Gasteiger partial charge in [-0.1, -0.05) is 6.07 Å². The van der Waals surface area contributed by atoms with Crippen LogP contribution in [0.1, 0.15) is 25.0 Å². The van der Waals surface area contributed by atoms with Crippen LogP contribution in [0.2, 0.25) is 0 Å². The van der Waals surface area contributed by atoms with E-state index in [9.17, 15) is 12.8 Å². The lowest BCUT2D eigenvalue weighted by molar-refractivity contribution is 0.275. The molecule has 0 atom stereocenters. The van der Waals surface area contributed by atoms with Gasteiger partial charge >= 0.3 is 0 Å². The fourth-order valence-corrected chi connectivity index (χ4v) is 2.82. The van der Waals surface area contributed by atoms with E-state index < -0.39 is 21.1 Å². The molecule has 1 aromatic carbocycles. The van der Waals surface area contributed by atoms with E-state index in [1.165, 1.54) is 18.5 Å². The molecule has 0 aliphatic heterocycles. The molecular formula is C14H17FN2O3S. The Labute approximate surface area is 123 Å². The van der Waals surface area contributed by atoms with Crippen molar-refractivity contribution in [3.8, 4) is 11.1 Å². The molecule has 0 aliphatic carbocycles. The predicted molar refractivity (Wildman–Crippen MR) is 77.7 cm³/mol. The number of aliphatic hydroxyl groups is 1. The minimum atomic E-state index is -3.53. The first-order valence-corrected chi connectivity index (χ1v) is 7.97. The van der Waals surface area contributed by atoms with E-state index in [1.54, 1.807) is 26.8 Å². The van der Waals surface area contributed by atoms with Crippen molar-refractivity contribution >= 4 is 10.0 Å². The summed E-state index contributed by atoms with van der Waals surface area (Å²) in [6.07, 6.45) is 2.74. The van der Waals surface area contributed by atoms with Crippen LogP contribution in [0.5, 0.6) is 0 Å². The summed E-state index contributed by atoms with van der Waals surface area (Å²) in [4.78, 5) is 0. The fourth-order valence-electron chi connectivity index (χ4n) is 1.95. The highest BCUT2D eigenvalue weighted by Gasteiger charge is 2.20. The zero-order valence-corrected chi connectivity index (χ0v) is 12.9. The van der Waals surface area contributed by atoms with E-state index in [0.29, 0.717) is 16.7 Å². The summed E-state index contributed by atoms with van der Waals surface area (Å²) in [5, 5.41) is 12.3. The van der Waals surface area contributed by atoms with Crippen LogP contribution in [0.3, 0.4) is 0 Å². The van der Waals surface area contributed by atoms with Crippen molar-refractivity contribution in [1.82, 2.24) is 9.19 Å². The van der Waals surface area contributed by atoms with E-state index in [2.05, 4.69) is 5.10 Å². The molecule has 0 fully saturated rings. The Kier molecular flexibility index (Phi) is 4.15. The van der Waals surface area contributed by atoms with Gasteiger partial charge < -0.3 is 5.11 Å². The Balaban J connectivity index is 2.48. The summed E-state index contributed by atoms with van der Waals surface area (Å²) < 4.78 is 38.8. The molecular weight excluding hydrogens is 295 g/mol. The minimum Gasteiger partial charge on any atom is -0.392 e. The minimum absolute atomic E-state index is 0.237. The van der Waals surface area contributed by atoms with Crippen LogP contribution in [-0.4, -0.2) is 28.0 Å².